The van der Waals surface area contributed by atoms with Gasteiger partial charge in [-0.15, -0.1) is 0 Å². The number of amides is 2. The van der Waals surface area contributed by atoms with Gasteiger partial charge >= 0.3 is 0 Å². The van der Waals surface area contributed by atoms with Crippen molar-refractivity contribution in [2.45, 2.75) is 50.5 Å². The van der Waals surface area contributed by atoms with Crippen LogP contribution in [0.4, 0.5) is 0 Å². The number of nitrogens with one attached hydrogen (secondary N) is 2. The second kappa shape index (κ2) is 10.9. The first-order chi connectivity index (χ1) is 15.2. The van der Waals surface area contributed by atoms with Gasteiger partial charge < -0.3 is 15.0 Å². The second-order valence-corrected chi connectivity index (χ2v) is 8.94. The van der Waals surface area contributed by atoms with Crippen LogP contribution in [0.3, 0.4) is 0 Å². The number of benzene rings is 1. The molecular formula is C25H33N3O3. The quantitative estimate of drug-likeness (QED) is 0.560. The van der Waals surface area contributed by atoms with Gasteiger partial charge in [-0.25, -0.2) is 0 Å². The van der Waals surface area contributed by atoms with E-state index in [0.717, 1.165) is 43.0 Å². The van der Waals surface area contributed by atoms with Crippen LogP contribution < -0.4 is 10.6 Å². The van der Waals surface area contributed by atoms with Crippen molar-refractivity contribution in [2.24, 2.45) is 5.92 Å². The van der Waals surface area contributed by atoms with Gasteiger partial charge in [0, 0.05) is 31.6 Å². The summed E-state index contributed by atoms with van der Waals surface area (Å²) < 4.78 is 6.01. The van der Waals surface area contributed by atoms with E-state index in [0.29, 0.717) is 25.6 Å². The van der Waals surface area contributed by atoms with Gasteiger partial charge in [0.1, 0.15) is 6.61 Å². The Bertz CT molecular complexity index is 830. The Morgan fingerprint density at radius 1 is 1.06 bits per heavy atom. The summed E-state index contributed by atoms with van der Waals surface area (Å²) >= 11 is 0. The highest BCUT2D eigenvalue weighted by molar-refractivity contribution is 6.00. The number of nitrogens with zero attached hydrogens (tertiary/aromatic N) is 1. The number of piperidine rings is 3. The molecule has 6 nitrogen and oxygen atoms in total. The third-order valence-electron chi connectivity index (χ3n) is 6.66. The van der Waals surface area contributed by atoms with Crippen molar-refractivity contribution in [1.29, 1.82) is 0 Å². The molecule has 0 aliphatic carbocycles. The van der Waals surface area contributed by atoms with Gasteiger partial charge in [0.2, 0.25) is 11.8 Å². The number of hydrogen-bond acceptors (Lipinski definition) is 5. The Morgan fingerprint density at radius 2 is 1.87 bits per heavy atom. The Kier molecular flexibility index (Phi) is 7.74. The first-order valence-electron chi connectivity index (χ1n) is 11.6. The molecule has 1 aromatic carbocycles. The van der Waals surface area contributed by atoms with Crippen LogP contribution >= 0.6 is 0 Å². The van der Waals surface area contributed by atoms with E-state index in [-0.39, 0.29) is 17.7 Å². The van der Waals surface area contributed by atoms with Crippen molar-refractivity contribution in [1.82, 2.24) is 15.5 Å². The zero-order valence-electron chi connectivity index (χ0n) is 18.2. The first-order valence-corrected chi connectivity index (χ1v) is 11.6. The molecule has 3 aliphatic rings. The average molecular weight is 424 g/mol. The molecule has 0 aromatic heterocycles. The third-order valence-corrected chi connectivity index (χ3v) is 6.66. The molecule has 31 heavy (non-hydrogen) atoms. The Balaban J connectivity index is 1.20. The zero-order chi connectivity index (χ0) is 21.5. The monoisotopic (exact) mass is 423 g/mol. The number of carbonyl (C=O) groups is 2. The van der Waals surface area contributed by atoms with Crippen LogP contribution in [0.15, 0.2) is 24.3 Å². The van der Waals surface area contributed by atoms with E-state index in [4.69, 9.17) is 4.74 Å². The number of ether oxygens (including phenoxy) is 1. The van der Waals surface area contributed by atoms with Gasteiger partial charge in [-0.05, 0) is 68.8 Å². The van der Waals surface area contributed by atoms with Crippen molar-refractivity contribution < 1.29 is 14.3 Å². The number of rotatable bonds is 5. The summed E-state index contributed by atoms with van der Waals surface area (Å²) in [6.45, 7) is 6.24. The molecule has 3 fully saturated rings. The molecule has 0 saturated carbocycles. The van der Waals surface area contributed by atoms with Gasteiger partial charge in [-0.1, -0.05) is 24.0 Å². The molecule has 1 aromatic rings. The fraction of sp³-hybridized carbons (Fsp3) is 0.600. The van der Waals surface area contributed by atoms with E-state index in [2.05, 4.69) is 27.4 Å². The minimum atomic E-state index is -0.272. The number of imide groups is 1. The third kappa shape index (κ3) is 6.39. The van der Waals surface area contributed by atoms with Gasteiger partial charge in [0.25, 0.3) is 0 Å². The van der Waals surface area contributed by atoms with Crippen LogP contribution in [0.1, 0.15) is 55.6 Å². The Labute approximate surface area is 185 Å². The Morgan fingerprint density at radius 3 is 2.65 bits per heavy atom. The van der Waals surface area contributed by atoms with Crippen molar-refractivity contribution in [2.75, 3.05) is 39.3 Å². The van der Waals surface area contributed by atoms with Gasteiger partial charge in [0.15, 0.2) is 0 Å². The lowest BCUT2D eigenvalue weighted by Crippen LogP contribution is -2.41. The lowest BCUT2D eigenvalue weighted by Gasteiger charge is -2.35. The largest absolute Gasteiger partial charge is 0.365 e. The fourth-order valence-corrected chi connectivity index (χ4v) is 4.83. The summed E-state index contributed by atoms with van der Waals surface area (Å²) in [6.07, 6.45) is 6.01. The highest BCUT2D eigenvalue weighted by Gasteiger charge is 2.28. The maximum absolute atomic E-state index is 12.1. The summed E-state index contributed by atoms with van der Waals surface area (Å²) in [7, 11) is 0. The van der Waals surface area contributed by atoms with Gasteiger partial charge in [0.05, 0.1) is 12.0 Å². The highest BCUT2D eigenvalue weighted by Crippen LogP contribution is 2.25. The van der Waals surface area contributed by atoms with E-state index >= 15 is 0 Å². The Hall–Kier alpha value is -2.20. The van der Waals surface area contributed by atoms with Crippen molar-refractivity contribution in [3.63, 3.8) is 0 Å². The van der Waals surface area contributed by atoms with Crippen molar-refractivity contribution >= 4 is 11.8 Å². The smallest absolute Gasteiger partial charge is 0.234 e. The molecule has 3 aliphatic heterocycles. The van der Waals surface area contributed by atoms with Crippen LogP contribution in [-0.2, 0) is 14.3 Å². The molecule has 0 spiro atoms. The van der Waals surface area contributed by atoms with E-state index < -0.39 is 0 Å². The topological polar surface area (TPSA) is 70.7 Å². The van der Waals surface area contributed by atoms with Crippen LogP contribution in [0, 0.1) is 17.8 Å². The van der Waals surface area contributed by atoms with Gasteiger partial charge in [-0.2, -0.15) is 0 Å². The van der Waals surface area contributed by atoms with E-state index in [1.165, 1.54) is 32.5 Å². The van der Waals surface area contributed by atoms with E-state index in [9.17, 15) is 9.59 Å². The summed E-state index contributed by atoms with van der Waals surface area (Å²) in [5, 5.41) is 5.86. The predicted octanol–water partition coefficient (Wildman–Crippen LogP) is 2.04. The molecule has 0 radical (unpaired) electrons. The highest BCUT2D eigenvalue weighted by atomic mass is 16.5. The zero-order valence-corrected chi connectivity index (χ0v) is 18.2. The van der Waals surface area contributed by atoms with Gasteiger partial charge in [-0.3, -0.25) is 14.9 Å². The van der Waals surface area contributed by atoms with Crippen LogP contribution in [-0.4, -0.2) is 62.1 Å². The SMILES string of the molecule is O=C1CCC(c2cccc(C#CCOC3CCN(CC4CCNCC4)CC3)c2)C(=O)N1. The lowest BCUT2D eigenvalue weighted by atomic mass is 9.90. The summed E-state index contributed by atoms with van der Waals surface area (Å²) in [5.41, 5.74) is 1.79. The summed E-state index contributed by atoms with van der Waals surface area (Å²) in [4.78, 5) is 26.0. The van der Waals surface area contributed by atoms with Crippen molar-refractivity contribution in [3.05, 3.63) is 35.4 Å². The molecule has 4 rings (SSSR count). The summed E-state index contributed by atoms with van der Waals surface area (Å²) in [6, 6.07) is 7.75. The fourth-order valence-electron chi connectivity index (χ4n) is 4.83. The lowest BCUT2D eigenvalue weighted by molar-refractivity contribution is -0.134. The molecule has 3 heterocycles. The molecule has 1 unspecified atom stereocenters. The normalized spacial score (nSPS) is 23.8. The number of carbonyl (C=O) groups excluding carboxylic acids is 2. The second-order valence-electron chi connectivity index (χ2n) is 8.94. The molecule has 2 amide bonds. The average Bonchev–Trinajstić information content (AvgIpc) is 2.79. The standard InChI is InChI=1S/C25H33N3O3/c29-24-7-6-23(25(30)27-24)21-5-1-3-19(17-21)4-2-16-31-22-10-14-28(15-11-22)18-20-8-12-26-13-9-20/h1,3,5,17,20,22-23,26H,6-16,18H2,(H,27,29,30). The van der Waals surface area contributed by atoms with Crippen molar-refractivity contribution in [3.8, 4) is 11.8 Å². The van der Waals surface area contributed by atoms with Crippen LogP contribution in [0.2, 0.25) is 0 Å². The first kappa shape index (κ1) is 22.0. The molecular weight excluding hydrogens is 390 g/mol. The van der Waals surface area contributed by atoms with E-state index in [1.54, 1.807) is 0 Å². The molecule has 3 saturated heterocycles. The molecule has 1 atom stereocenters. The summed E-state index contributed by atoms with van der Waals surface area (Å²) in [5.74, 6) is 6.46. The predicted molar refractivity (Wildman–Crippen MR) is 119 cm³/mol. The van der Waals surface area contributed by atoms with Crippen LogP contribution in [0.5, 0.6) is 0 Å². The molecule has 0 bridgehead atoms. The minimum absolute atomic E-state index is 0.188. The molecule has 6 heteroatoms. The van der Waals surface area contributed by atoms with Crippen LogP contribution in [0.25, 0.3) is 0 Å². The maximum Gasteiger partial charge on any atom is 0.234 e. The molecule has 2 N–H and O–H groups in total. The number of likely N-dealkylation sites (tertiary alicyclic amines) is 1. The molecule has 166 valence electrons. The minimum Gasteiger partial charge on any atom is -0.365 e. The van der Waals surface area contributed by atoms with E-state index in [1.807, 2.05) is 24.3 Å². The maximum atomic E-state index is 12.1. The number of hydrogen-bond donors (Lipinski definition) is 2.